The van der Waals surface area contributed by atoms with E-state index in [1.807, 2.05) is 12.1 Å². The summed E-state index contributed by atoms with van der Waals surface area (Å²) >= 11 is 5.86. The van der Waals surface area contributed by atoms with Crippen LogP contribution in [-0.4, -0.2) is 5.91 Å². The average molecular weight is 262 g/mol. The predicted octanol–water partition coefficient (Wildman–Crippen LogP) is 3.09. The van der Waals surface area contributed by atoms with Crippen molar-refractivity contribution in [3.8, 4) is 12.1 Å². The third-order valence-corrected chi connectivity index (χ3v) is 3.12. The van der Waals surface area contributed by atoms with Gasteiger partial charge in [-0.05, 0) is 31.5 Å². The van der Waals surface area contributed by atoms with Gasteiger partial charge in [0.25, 0.3) is 0 Å². The molecule has 1 aromatic rings. The van der Waals surface area contributed by atoms with Crippen molar-refractivity contribution in [3.63, 3.8) is 0 Å². The van der Waals surface area contributed by atoms with Gasteiger partial charge in [-0.15, -0.1) is 0 Å². The smallest absolute Gasteiger partial charge is 0.244 e. The zero-order valence-electron chi connectivity index (χ0n) is 10.1. The van der Waals surface area contributed by atoms with E-state index in [9.17, 15) is 4.79 Å². The van der Waals surface area contributed by atoms with Gasteiger partial charge in [-0.3, -0.25) is 4.79 Å². The SMILES string of the molecule is CCC(C)(C#N)C(=O)Nc1ccc(C#N)c(Cl)c1. The fourth-order valence-corrected chi connectivity index (χ4v) is 1.47. The lowest BCUT2D eigenvalue weighted by Crippen LogP contribution is -2.31. The number of benzene rings is 1. The van der Waals surface area contributed by atoms with Crippen molar-refractivity contribution in [3.05, 3.63) is 28.8 Å². The van der Waals surface area contributed by atoms with Crippen LogP contribution in [0.5, 0.6) is 0 Å². The number of carbonyl (C=O) groups is 1. The summed E-state index contributed by atoms with van der Waals surface area (Å²) in [6.45, 7) is 3.35. The van der Waals surface area contributed by atoms with E-state index < -0.39 is 5.41 Å². The van der Waals surface area contributed by atoms with Gasteiger partial charge < -0.3 is 5.32 Å². The molecule has 0 aliphatic carbocycles. The van der Waals surface area contributed by atoms with Gasteiger partial charge in [-0.1, -0.05) is 18.5 Å². The van der Waals surface area contributed by atoms with Crippen molar-refractivity contribution in [2.75, 3.05) is 5.32 Å². The second kappa shape index (κ2) is 5.53. The van der Waals surface area contributed by atoms with Gasteiger partial charge in [0.2, 0.25) is 5.91 Å². The average Bonchev–Trinajstić information content (AvgIpc) is 2.38. The Morgan fingerprint density at radius 3 is 2.61 bits per heavy atom. The molecule has 1 unspecified atom stereocenters. The minimum atomic E-state index is -1.07. The molecule has 0 aliphatic heterocycles. The molecule has 1 N–H and O–H groups in total. The Morgan fingerprint density at radius 2 is 2.17 bits per heavy atom. The highest BCUT2D eigenvalue weighted by Crippen LogP contribution is 2.24. The van der Waals surface area contributed by atoms with E-state index in [0.29, 0.717) is 17.7 Å². The van der Waals surface area contributed by atoms with Crippen LogP contribution in [0.2, 0.25) is 5.02 Å². The molecular weight excluding hydrogens is 250 g/mol. The molecule has 1 aromatic carbocycles. The standard InChI is InChI=1S/C13H12ClN3O/c1-3-13(2,8-16)12(18)17-10-5-4-9(7-15)11(14)6-10/h4-6H,3H2,1-2H3,(H,17,18). The molecule has 4 nitrogen and oxygen atoms in total. The van der Waals surface area contributed by atoms with E-state index in [4.69, 9.17) is 22.1 Å². The van der Waals surface area contributed by atoms with Crippen LogP contribution in [0.15, 0.2) is 18.2 Å². The maximum Gasteiger partial charge on any atom is 0.244 e. The topological polar surface area (TPSA) is 76.7 Å². The molecule has 1 amide bonds. The highest BCUT2D eigenvalue weighted by Gasteiger charge is 2.31. The maximum absolute atomic E-state index is 11.9. The molecule has 18 heavy (non-hydrogen) atoms. The molecule has 0 aliphatic rings. The Hall–Kier alpha value is -2.04. The van der Waals surface area contributed by atoms with Gasteiger partial charge in [0.15, 0.2) is 0 Å². The molecule has 0 radical (unpaired) electrons. The lowest BCUT2D eigenvalue weighted by Gasteiger charge is -2.18. The van der Waals surface area contributed by atoms with Gasteiger partial charge in [-0.2, -0.15) is 10.5 Å². The van der Waals surface area contributed by atoms with Gasteiger partial charge in [-0.25, -0.2) is 0 Å². The molecule has 0 aromatic heterocycles. The summed E-state index contributed by atoms with van der Waals surface area (Å²) in [5, 5.41) is 20.6. The zero-order chi connectivity index (χ0) is 13.8. The van der Waals surface area contributed by atoms with Crippen LogP contribution in [0.25, 0.3) is 0 Å². The number of carbonyl (C=O) groups excluding carboxylic acids is 1. The molecule has 1 rings (SSSR count). The molecular formula is C13H12ClN3O. The summed E-state index contributed by atoms with van der Waals surface area (Å²) in [5.41, 5.74) is -0.257. The van der Waals surface area contributed by atoms with Crippen molar-refractivity contribution in [1.29, 1.82) is 10.5 Å². The molecule has 92 valence electrons. The lowest BCUT2D eigenvalue weighted by atomic mass is 9.88. The van der Waals surface area contributed by atoms with E-state index in [0.717, 1.165) is 0 Å². The first-order chi connectivity index (χ1) is 8.46. The van der Waals surface area contributed by atoms with Crippen LogP contribution in [-0.2, 0) is 4.79 Å². The lowest BCUT2D eigenvalue weighted by molar-refractivity contribution is -0.122. The summed E-state index contributed by atoms with van der Waals surface area (Å²) in [7, 11) is 0. The minimum Gasteiger partial charge on any atom is -0.325 e. The number of rotatable bonds is 3. The summed E-state index contributed by atoms with van der Waals surface area (Å²) in [6, 6.07) is 8.51. The molecule has 0 saturated carbocycles. The fourth-order valence-electron chi connectivity index (χ4n) is 1.24. The van der Waals surface area contributed by atoms with Gasteiger partial charge in [0.05, 0.1) is 16.7 Å². The van der Waals surface area contributed by atoms with Crippen molar-refractivity contribution in [2.45, 2.75) is 20.3 Å². The minimum absolute atomic E-state index is 0.269. The van der Waals surface area contributed by atoms with Crippen LogP contribution < -0.4 is 5.32 Å². The molecule has 0 bridgehead atoms. The molecule has 0 spiro atoms. The molecule has 0 heterocycles. The largest absolute Gasteiger partial charge is 0.325 e. The molecule has 0 saturated heterocycles. The highest BCUT2D eigenvalue weighted by atomic mass is 35.5. The van der Waals surface area contributed by atoms with Gasteiger partial charge in [0.1, 0.15) is 11.5 Å². The van der Waals surface area contributed by atoms with Gasteiger partial charge >= 0.3 is 0 Å². The second-order valence-electron chi connectivity index (χ2n) is 4.06. The predicted molar refractivity (Wildman–Crippen MR) is 68.8 cm³/mol. The van der Waals surface area contributed by atoms with Crippen molar-refractivity contribution in [1.82, 2.24) is 0 Å². The van der Waals surface area contributed by atoms with E-state index >= 15 is 0 Å². The molecule has 1 atom stereocenters. The number of nitrogens with one attached hydrogen (secondary N) is 1. The Labute approximate surface area is 111 Å². The van der Waals surface area contributed by atoms with Gasteiger partial charge in [0, 0.05) is 5.69 Å². The number of halogens is 1. The van der Waals surface area contributed by atoms with E-state index in [2.05, 4.69) is 5.32 Å². The Bertz CT molecular complexity index is 556. The number of amides is 1. The Kier molecular flexibility index (Phi) is 4.31. The molecule has 5 heteroatoms. The third kappa shape index (κ3) is 2.80. The van der Waals surface area contributed by atoms with E-state index in [-0.39, 0.29) is 10.9 Å². The summed E-state index contributed by atoms with van der Waals surface area (Å²) in [6.07, 6.45) is 0.416. The Morgan fingerprint density at radius 1 is 1.50 bits per heavy atom. The third-order valence-electron chi connectivity index (χ3n) is 2.80. The number of hydrogen-bond acceptors (Lipinski definition) is 3. The van der Waals surface area contributed by atoms with Crippen molar-refractivity contribution < 1.29 is 4.79 Å². The Balaban J connectivity index is 2.94. The summed E-state index contributed by atoms with van der Waals surface area (Å²) < 4.78 is 0. The van der Waals surface area contributed by atoms with Crippen LogP contribution in [0, 0.1) is 28.1 Å². The van der Waals surface area contributed by atoms with Crippen molar-refractivity contribution in [2.24, 2.45) is 5.41 Å². The highest BCUT2D eigenvalue weighted by molar-refractivity contribution is 6.32. The van der Waals surface area contributed by atoms with Crippen LogP contribution in [0.1, 0.15) is 25.8 Å². The first kappa shape index (κ1) is 14.0. The van der Waals surface area contributed by atoms with Crippen LogP contribution in [0.3, 0.4) is 0 Å². The monoisotopic (exact) mass is 261 g/mol. The van der Waals surface area contributed by atoms with E-state index in [1.54, 1.807) is 19.9 Å². The number of anilines is 1. The number of hydrogen-bond donors (Lipinski definition) is 1. The normalized spacial score (nSPS) is 12.9. The van der Waals surface area contributed by atoms with Crippen LogP contribution >= 0.6 is 11.6 Å². The first-order valence-electron chi connectivity index (χ1n) is 5.39. The summed E-state index contributed by atoms with van der Waals surface area (Å²) in [5.74, 6) is -0.381. The van der Waals surface area contributed by atoms with Crippen LogP contribution in [0.4, 0.5) is 5.69 Å². The maximum atomic E-state index is 11.9. The fraction of sp³-hybridized carbons (Fsp3) is 0.308. The quantitative estimate of drug-likeness (QED) is 0.908. The number of nitriles is 2. The van der Waals surface area contributed by atoms with E-state index in [1.165, 1.54) is 12.1 Å². The molecule has 0 fully saturated rings. The van der Waals surface area contributed by atoms with Crippen molar-refractivity contribution >= 4 is 23.2 Å². The first-order valence-corrected chi connectivity index (χ1v) is 5.77. The zero-order valence-corrected chi connectivity index (χ0v) is 10.9. The second-order valence-corrected chi connectivity index (χ2v) is 4.47. The number of nitrogens with zero attached hydrogens (tertiary/aromatic N) is 2. The summed E-state index contributed by atoms with van der Waals surface area (Å²) in [4.78, 5) is 11.9.